The highest BCUT2D eigenvalue weighted by atomic mass is 16.4. The smallest absolute Gasteiger partial charge is 0.354 e. The van der Waals surface area contributed by atoms with E-state index < -0.39 is 5.97 Å². The summed E-state index contributed by atoms with van der Waals surface area (Å²) in [6, 6.07) is 0.705. The molecule has 84 valence electrons. The number of carboxylic acid groups (broad SMARTS) is 1. The lowest BCUT2D eigenvalue weighted by molar-refractivity contribution is 0.0687. The molecule has 2 heterocycles. The van der Waals surface area contributed by atoms with Gasteiger partial charge in [0.25, 0.3) is 0 Å². The fourth-order valence-electron chi connectivity index (χ4n) is 2.31. The van der Waals surface area contributed by atoms with Crippen LogP contribution in [0.2, 0.25) is 0 Å². The molecule has 1 saturated carbocycles. The Kier molecular flexibility index (Phi) is 2.14. The van der Waals surface area contributed by atoms with Crippen molar-refractivity contribution in [2.75, 3.05) is 6.54 Å². The average Bonchev–Trinajstić information content (AvgIpc) is 3.11. The lowest BCUT2D eigenvalue weighted by Gasteiger charge is -2.28. The van der Waals surface area contributed by atoms with Gasteiger partial charge in [-0.1, -0.05) is 0 Å². The summed E-state index contributed by atoms with van der Waals surface area (Å²) in [7, 11) is 0. The van der Waals surface area contributed by atoms with Crippen LogP contribution in [0.5, 0.6) is 0 Å². The molecule has 1 aromatic heterocycles. The van der Waals surface area contributed by atoms with E-state index in [2.05, 4.69) is 14.9 Å². The Bertz CT molecular complexity index is 443. The van der Waals surface area contributed by atoms with Crippen LogP contribution in [0.4, 0.5) is 0 Å². The predicted molar refractivity (Wildman–Crippen MR) is 56.1 cm³/mol. The zero-order chi connectivity index (χ0) is 11.1. The second-order valence-electron chi connectivity index (χ2n) is 4.40. The highest BCUT2D eigenvalue weighted by Gasteiger charge is 2.33. The van der Waals surface area contributed by atoms with Crippen LogP contribution in [-0.2, 0) is 13.0 Å². The van der Waals surface area contributed by atoms with Gasteiger partial charge >= 0.3 is 5.97 Å². The van der Waals surface area contributed by atoms with Crippen LogP contribution in [0.25, 0.3) is 0 Å². The molecule has 1 aliphatic heterocycles. The molecular formula is C11H13N3O2. The van der Waals surface area contributed by atoms with Crippen LogP contribution in [0.1, 0.15) is 34.6 Å². The van der Waals surface area contributed by atoms with Crippen molar-refractivity contribution >= 4 is 5.97 Å². The number of hydrogen-bond acceptors (Lipinski definition) is 4. The summed E-state index contributed by atoms with van der Waals surface area (Å²) in [4.78, 5) is 21.4. The molecule has 1 aliphatic carbocycles. The fraction of sp³-hybridized carbons (Fsp3) is 0.545. The summed E-state index contributed by atoms with van der Waals surface area (Å²) in [5, 5.41) is 9.02. The molecule has 0 bridgehead atoms. The average molecular weight is 219 g/mol. The molecule has 0 amide bonds. The van der Waals surface area contributed by atoms with E-state index in [9.17, 15) is 4.79 Å². The Morgan fingerprint density at radius 1 is 1.44 bits per heavy atom. The number of nitrogens with zero attached hydrogens (tertiary/aromatic N) is 3. The van der Waals surface area contributed by atoms with Crippen LogP contribution in [-0.4, -0.2) is 38.5 Å². The first-order chi connectivity index (χ1) is 7.75. The maximum absolute atomic E-state index is 11.0. The highest BCUT2D eigenvalue weighted by molar-refractivity contribution is 5.87. The summed E-state index contributed by atoms with van der Waals surface area (Å²) in [6.07, 6.45) is 4.66. The highest BCUT2D eigenvalue weighted by Crippen LogP contribution is 2.31. The predicted octanol–water partition coefficient (Wildman–Crippen LogP) is 0.695. The Labute approximate surface area is 93.1 Å². The second-order valence-corrected chi connectivity index (χ2v) is 4.40. The van der Waals surface area contributed by atoms with Gasteiger partial charge in [-0.3, -0.25) is 4.90 Å². The van der Waals surface area contributed by atoms with E-state index in [0.29, 0.717) is 6.04 Å². The molecule has 0 atom stereocenters. The SMILES string of the molecule is O=C(O)c1ncnc2c1CCN(C1CC1)C2. The first-order valence-corrected chi connectivity index (χ1v) is 5.56. The Morgan fingerprint density at radius 2 is 2.25 bits per heavy atom. The lowest BCUT2D eigenvalue weighted by Crippen LogP contribution is -2.34. The monoisotopic (exact) mass is 219 g/mol. The molecule has 0 saturated heterocycles. The van der Waals surface area contributed by atoms with Crippen LogP contribution < -0.4 is 0 Å². The van der Waals surface area contributed by atoms with E-state index in [1.807, 2.05) is 0 Å². The topological polar surface area (TPSA) is 66.3 Å². The van der Waals surface area contributed by atoms with Gasteiger partial charge in [0.1, 0.15) is 6.33 Å². The molecule has 0 radical (unpaired) electrons. The molecule has 2 aliphatic rings. The summed E-state index contributed by atoms with van der Waals surface area (Å²) >= 11 is 0. The maximum Gasteiger partial charge on any atom is 0.354 e. The minimum Gasteiger partial charge on any atom is -0.477 e. The first-order valence-electron chi connectivity index (χ1n) is 5.56. The summed E-state index contributed by atoms with van der Waals surface area (Å²) < 4.78 is 0. The molecule has 1 fully saturated rings. The van der Waals surface area contributed by atoms with Gasteiger partial charge in [0.2, 0.25) is 0 Å². The van der Waals surface area contributed by atoms with E-state index in [0.717, 1.165) is 30.8 Å². The number of hydrogen-bond donors (Lipinski definition) is 1. The molecule has 5 nitrogen and oxygen atoms in total. The van der Waals surface area contributed by atoms with Crippen molar-refractivity contribution < 1.29 is 9.90 Å². The van der Waals surface area contributed by atoms with Gasteiger partial charge in [-0.25, -0.2) is 14.8 Å². The normalized spacial score (nSPS) is 20.5. The Morgan fingerprint density at radius 3 is 2.94 bits per heavy atom. The maximum atomic E-state index is 11.0. The molecule has 0 spiro atoms. The number of rotatable bonds is 2. The van der Waals surface area contributed by atoms with Gasteiger partial charge in [-0.05, 0) is 19.3 Å². The van der Waals surface area contributed by atoms with Crippen molar-refractivity contribution in [2.24, 2.45) is 0 Å². The molecular weight excluding hydrogens is 206 g/mol. The summed E-state index contributed by atoms with van der Waals surface area (Å²) in [5.41, 5.74) is 1.90. The van der Waals surface area contributed by atoms with Gasteiger partial charge in [0.05, 0.1) is 5.69 Å². The third kappa shape index (κ3) is 1.57. The van der Waals surface area contributed by atoms with Crippen molar-refractivity contribution in [1.82, 2.24) is 14.9 Å². The van der Waals surface area contributed by atoms with Crippen molar-refractivity contribution in [2.45, 2.75) is 31.8 Å². The minimum absolute atomic E-state index is 0.181. The number of aromatic nitrogens is 2. The molecule has 5 heteroatoms. The second kappa shape index (κ2) is 3.52. The number of carboxylic acids is 1. The van der Waals surface area contributed by atoms with Crippen LogP contribution >= 0.6 is 0 Å². The van der Waals surface area contributed by atoms with Gasteiger partial charge in [-0.15, -0.1) is 0 Å². The van der Waals surface area contributed by atoms with Crippen LogP contribution in [0, 0.1) is 0 Å². The summed E-state index contributed by atoms with van der Waals surface area (Å²) in [6.45, 7) is 1.72. The summed E-state index contributed by atoms with van der Waals surface area (Å²) in [5.74, 6) is -0.946. The largest absolute Gasteiger partial charge is 0.477 e. The molecule has 0 aromatic carbocycles. The van der Waals surface area contributed by atoms with E-state index in [4.69, 9.17) is 5.11 Å². The molecule has 0 unspecified atom stereocenters. The first kappa shape index (κ1) is 9.72. The number of carbonyl (C=O) groups is 1. The van der Waals surface area contributed by atoms with Gasteiger partial charge in [0, 0.05) is 24.7 Å². The van der Waals surface area contributed by atoms with E-state index >= 15 is 0 Å². The third-order valence-corrected chi connectivity index (χ3v) is 3.30. The minimum atomic E-state index is -0.946. The van der Waals surface area contributed by atoms with Crippen LogP contribution in [0.3, 0.4) is 0 Å². The molecule has 16 heavy (non-hydrogen) atoms. The van der Waals surface area contributed by atoms with E-state index in [1.54, 1.807) is 0 Å². The van der Waals surface area contributed by atoms with Gasteiger partial charge < -0.3 is 5.11 Å². The van der Waals surface area contributed by atoms with Crippen molar-refractivity contribution in [3.05, 3.63) is 23.3 Å². The van der Waals surface area contributed by atoms with Crippen LogP contribution in [0.15, 0.2) is 6.33 Å². The number of aromatic carboxylic acids is 1. The fourth-order valence-corrected chi connectivity index (χ4v) is 2.31. The zero-order valence-electron chi connectivity index (χ0n) is 8.89. The number of fused-ring (bicyclic) bond motifs is 1. The quantitative estimate of drug-likeness (QED) is 0.793. The molecule has 1 aromatic rings. The van der Waals surface area contributed by atoms with Crippen molar-refractivity contribution in [3.8, 4) is 0 Å². The van der Waals surface area contributed by atoms with E-state index in [-0.39, 0.29) is 5.69 Å². The van der Waals surface area contributed by atoms with Gasteiger partial charge in [0.15, 0.2) is 5.69 Å². The van der Waals surface area contributed by atoms with Gasteiger partial charge in [-0.2, -0.15) is 0 Å². The molecule has 3 rings (SSSR count). The Hall–Kier alpha value is -1.49. The van der Waals surface area contributed by atoms with Crippen molar-refractivity contribution in [3.63, 3.8) is 0 Å². The third-order valence-electron chi connectivity index (χ3n) is 3.30. The van der Waals surface area contributed by atoms with E-state index in [1.165, 1.54) is 19.2 Å². The van der Waals surface area contributed by atoms with Crippen molar-refractivity contribution in [1.29, 1.82) is 0 Å². The zero-order valence-corrected chi connectivity index (χ0v) is 8.89. The standard InChI is InChI=1S/C11H13N3O2/c15-11(16)10-8-3-4-14(7-1-2-7)5-9(8)12-6-13-10/h6-7H,1-5H2,(H,15,16). The molecule has 1 N–H and O–H groups in total. The Balaban J connectivity index is 1.93. The lowest BCUT2D eigenvalue weighted by atomic mass is 10.0.